The second kappa shape index (κ2) is 6.39. The molecule has 4 aliphatic rings. The maximum atomic E-state index is 12.3. The maximum absolute atomic E-state index is 12.3. The number of aliphatic hydroxyl groups excluding tert-OH is 3. The van der Waals surface area contributed by atoms with Crippen LogP contribution in [0.2, 0.25) is 0 Å². The fourth-order valence-corrected chi connectivity index (χ4v) is 3.86. The second-order valence-corrected chi connectivity index (χ2v) is 9.02. The molecule has 4 heterocycles. The molecule has 11 nitrogen and oxygen atoms in total. The van der Waals surface area contributed by atoms with E-state index in [-0.39, 0.29) is 11.4 Å². The lowest BCUT2D eigenvalue weighted by atomic mass is 10.1. The summed E-state index contributed by atoms with van der Waals surface area (Å²) in [7, 11) is 0. The number of nitrogens with zero attached hydrogens (tertiary/aromatic N) is 4. The van der Waals surface area contributed by atoms with Crippen LogP contribution in [0.4, 0.5) is 4.79 Å². The van der Waals surface area contributed by atoms with Crippen molar-refractivity contribution in [3.05, 3.63) is 11.5 Å². The first kappa shape index (κ1) is 20.1. The zero-order valence-corrected chi connectivity index (χ0v) is 17.0. The molecule has 5 atom stereocenters. The van der Waals surface area contributed by atoms with Crippen LogP contribution in [0.3, 0.4) is 0 Å². The molecular weight excluding hydrogens is 382 g/mol. The zero-order chi connectivity index (χ0) is 21.3. The van der Waals surface area contributed by atoms with Crippen molar-refractivity contribution in [3.8, 4) is 0 Å². The smallest absolute Gasteiger partial charge is 0.413 e. The van der Waals surface area contributed by atoms with Gasteiger partial charge in [-0.15, -0.1) is 0 Å². The number of aliphatic imine (C=N–C) groups is 2. The summed E-state index contributed by atoms with van der Waals surface area (Å²) in [6.07, 6.45) is -3.88. The highest BCUT2D eigenvalue weighted by Gasteiger charge is 2.63. The molecule has 4 aliphatic heterocycles. The first-order valence-electron chi connectivity index (χ1n) is 9.52. The van der Waals surface area contributed by atoms with Gasteiger partial charge in [-0.05, 0) is 34.6 Å². The molecule has 4 rings (SSSR count). The minimum atomic E-state index is -1.23. The molecule has 0 aromatic rings. The third-order valence-electron chi connectivity index (χ3n) is 5.32. The number of hydrogen-bond acceptors (Lipinski definition) is 10. The van der Waals surface area contributed by atoms with E-state index in [4.69, 9.17) is 9.47 Å². The van der Waals surface area contributed by atoms with Crippen LogP contribution in [0.25, 0.3) is 0 Å². The summed E-state index contributed by atoms with van der Waals surface area (Å²) in [5, 5.41) is 32.6. The Morgan fingerprint density at radius 3 is 2.62 bits per heavy atom. The molecule has 0 aromatic carbocycles. The van der Waals surface area contributed by atoms with Crippen molar-refractivity contribution in [2.75, 3.05) is 6.61 Å². The van der Waals surface area contributed by atoms with Crippen LogP contribution >= 0.6 is 0 Å². The Morgan fingerprint density at radius 2 is 2.03 bits per heavy atom. The summed E-state index contributed by atoms with van der Waals surface area (Å²) in [6.45, 7) is 8.84. The Kier molecular flexibility index (Phi) is 4.43. The minimum Gasteiger partial charge on any atom is -0.444 e. The van der Waals surface area contributed by atoms with E-state index in [1.807, 2.05) is 18.7 Å². The molecule has 1 amide bonds. The van der Waals surface area contributed by atoms with Gasteiger partial charge in [0.1, 0.15) is 35.4 Å². The largest absolute Gasteiger partial charge is 0.444 e. The fourth-order valence-electron chi connectivity index (χ4n) is 3.86. The van der Waals surface area contributed by atoms with Crippen LogP contribution in [0.1, 0.15) is 34.6 Å². The SMILES string of the molecule is CC(C)(C)OC(=O)NC1=C2N=CN([C@@H]3O[C@H](CO)[C@@H](O)[C@H]3O)C2N2C(=N1)C2(C)C. The summed E-state index contributed by atoms with van der Waals surface area (Å²) in [4.78, 5) is 24.8. The van der Waals surface area contributed by atoms with Crippen molar-refractivity contribution < 1.29 is 29.6 Å². The molecule has 2 fully saturated rings. The van der Waals surface area contributed by atoms with Crippen molar-refractivity contribution in [3.63, 3.8) is 0 Å². The summed E-state index contributed by atoms with van der Waals surface area (Å²) in [6, 6.07) is 0. The number of aliphatic hydroxyl groups is 3. The number of ether oxygens (including phenoxy) is 2. The van der Waals surface area contributed by atoms with Crippen LogP contribution in [-0.2, 0) is 9.47 Å². The normalized spacial score (nSPS) is 34.8. The molecule has 1 unspecified atom stereocenters. The van der Waals surface area contributed by atoms with Gasteiger partial charge in [0.2, 0.25) is 0 Å². The van der Waals surface area contributed by atoms with Crippen LogP contribution in [0.15, 0.2) is 21.5 Å². The number of carbonyl (C=O) groups is 1. The maximum Gasteiger partial charge on any atom is 0.413 e. The van der Waals surface area contributed by atoms with Gasteiger partial charge in [0.05, 0.1) is 18.5 Å². The van der Waals surface area contributed by atoms with E-state index in [2.05, 4.69) is 15.3 Å². The zero-order valence-electron chi connectivity index (χ0n) is 17.0. The van der Waals surface area contributed by atoms with Gasteiger partial charge in [-0.1, -0.05) is 0 Å². The molecule has 2 saturated heterocycles. The highest BCUT2D eigenvalue weighted by molar-refractivity contribution is 6.08. The highest BCUT2D eigenvalue weighted by atomic mass is 16.6. The Morgan fingerprint density at radius 1 is 1.34 bits per heavy atom. The van der Waals surface area contributed by atoms with E-state index in [1.165, 1.54) is 6.34 Å². The predicted octanol–water partition coefficient (Wildman–Crippen LogP) is -0.704. The van der Waals surface area contributed by atoms with Crippen LogP contribution in [0.5, 0.6) is 0 Å². The third-order valence-corrected chi connectivity index (χ3v) is 5.32. The predicted molar refractivity (Wildman–Crippen MR) is 102 cm³/mol. The minimum absolute atomic E-state index is 0.270. The summed E-state index contributed by atoms with van der Waals surface area (Å²) in [5.41, 5.74) is -0.565. The number of nitrogens with one attached hydrogen (secondary N) is 1. The molecule has 0 aromatic heterocycles. The quantitative estimate of drug-likeness (QED) is 0.449. The van der Waals surface area contributed by atoms with Crippen LogP contribution < -0.4 is 5.32 Å². The molecule has 0 spiro atoms. The van der Waals surface area contributed by atoms with Crippen molar-refractivity contribution in [1.82, 2.24) is 15.1 Å². The number of carbonyl (C=O) groups excluding carboxylic acids is 1. The summed E-state index contributed by atoms with van der Waals surface area (Å²) in [5.74, 6) is 1.02. The average molecular weight is 409 g/mol. The van der Waals surface area contributed by atoms with Gasteiger partial charge in [-0.3, -0.25) is 5.32 Å². The Bertz CT molecular complexity index is 816. The van der Waals surface area contributed by atoms with E-state index in [9.17, 15) is 20.1 Å². The fraction of sp³-hybridized carbons (Fsp3) is 0.722. The second-order valence-electron chi connectivity index (χ2n) is 9.02. The number of amidine groups is 1. The molecule has 0 saturated carbocycles. The van der Waals surface area contributed by atoms with E-state index in [0.717, 1.165) is 5.84 Å². The van der Waals surface area contributed by atoms with Gasteiger partial charge >= 0.3 is 6.09 Å². The first-order chi connectivity index (χ1) is 13.5. The van der Waals surface area contributed by atoms with Crippen LogP contribution in [-0.4, -0.2) is 91.8 Å². The highest BCUT2D eigenvalue weighted by Crippen LogP contribution is 2.47. The van der Waals surface area contributed by atoms with Crippen molar-refractivity contribution in [2.45, 2.75) is 76.5 Å². The molecular formula is C18H27N5O6. The van der Waals surface area contributed by atoms with Crippen molar-refractivity contribution in [1.29, 1.82) is 0 Å². The average Bonchev–Trinajstić information content (AvgIpc) is 2.92. The lowest BCUT2D eigenvalue weighted by Crippen LogP contribution is -2.51. The number of alkyl carbamates (subject to hydrolysis) is 1. The number of amides is 1. The molecule has 160 valence electrons. The van der Waals surface area contributed by atoms with E-state index in [1.54, 1.807) is 25.7 Å². The Hall–Kier alpha value is -2.21. The van der Waals surface area contributed by atoms with Gasteiger partial charge in [0.15, 0.2) is 18.2 Å². The van der Waals surface area contributed by atoms with Gasteiger partial charge in [0, 0.05) is 0 Å². The van der Waals surface area contributed by atoms with Crippen LogP contribution in [0, 0.1) is 0 Å². The van der Waals surface area contributed by atoms with E-state index >= 15 is 0 Å². The Labute approximate surface area is 168 Å². The van der Waals surface area contributed by atoms with Gasteiger partial charge < -0.3 is 34.6 Å². The van der Waals surface area contributed by atoms with Gasteiger partial charge in [-0.25, -0.2) is 14.8 Å². The van der Waals surface area contributed by atoms with Crippen molar-refractivity contribution in [2.24, 2.45) is 9.98 Å². The lowest BCUT2D eigenvalue weighted by molar-refractivity contribution is -0.0853. The number of fused-ring (bicyclic) bond motifs is 3. The van der Waals surface area contributed by atoms with Crippen molar-refractivity contribution >= 4 is 18.3 Å². The molecule has 0 bridgehead atoms. The monoisotopic (exact) mass is 409 g/mol. The third kappa shape index (κ3) is 3.18. The Balaban J connectivity index is 1.62. The number of hydrogen-bond donors (Lipinski definition) is 4. The molecule has 0 radical (unpaired) electrons. The first-order valence-corrected chi connectivity index (χ1v) is 9.52. The summed E-state index contributed by atoms with van der Waals surface area (Å²) >= 11 is 0. The van der Waals surface area contributed by atoms with Gasteiger partial charge in [-0.2, -0.15) is 0 Å². The van der Waals surface area contributed by atoms with Gasteiger partial charge in [0.25, 0.3) is 0 Å². The molecule has 11 heteroatoms. The van der Waals surface area contributed by atoms with E-state index < -0.39 is 49.0 Å². The lowest BCUT2D eigenvalue weighted by Gasteiger charge is -2.34. The molecule has 0 aliphatic carbocycles. The standard InChI is InChI=1S/C18H27N5O6/c1-17(2,3)29-16(27)21-12-9-13(23-15(20-12)18(23,4)5)22(7-19-9)14-11(26)10(25)8(6-24)28-14/h7-8,10-11,13-14,24-26H,6H2,1-5H3,(H,21,27)/t8-,10-,11-,13?,14-,23?/m1/s1. The van der Waals surface area contributed by atoms with E-state index in [0.29, 0.717) is 5.70 Å². The molecule has 29 heavy (non-hydrogen) atoms. The topological polar surface area (TPSA) is 139 Å². The number of rotatable bonds is 3. The molecule has 4 N–H and O–H groups in total. The summed E-state index contributed by atoms with van der Waals surface area (Å²) < 4.78 is 11.0.